The Kier molecular flexibility index (Phi) is 5.43. The highest BCUT2D eigenvalue weighted by Crippen LogP contribution is 2.43. The Labute approximate surface area is 128 Å². The van der Waals surface area contributed by atoms with Gasteiger partial charge < -0.3 is 10.1 Å². The quantitative estimate of drug-likeness (QED) is 0.814. The van der Waals surface area contributed by atoms with Gasteiger partial charge >= 0.3 is 0 Å². The van der Waals surface area contributed by atoms with Gasteiger partial charge in [0.1, 0.15) is 12.1 Å². The van der Waals surface area contributed by atoms with Crippen molar-refractivity contribution >= 4 is 5.82 Å². The van der Waals surface area contributed by atoms with Gasteiger partial charge in [0.15, 0.2) is 0 Å². The second-order valence-electron chi connectivity index (χ2n) is 7.07. The molecule has 0 amide bonds. The topological polar surface area (TPSA) is 47.0 Å². The highest BCUT2D eigenvalue weighted by Gasteiger charge is 2.34. The van der Waals surface area contributed by atoms with E-state index in [9.17, 15) is 0 Å². The van der Waals surface area contributed by atoms with E-state index < -0.39 is 0 Å². The van der Waals surface area contributed by atoms with E-state index in [-0.39, 0.29) is 6.10 Å². The first kappa shape index (κ1) is 16.1. The molecule has 1 fully saturated rings. The summed E-state index contributed by atoms with van der Waals surface area (Å²) in [6.45, 7) is 9.65. The lowest BCUT2D eigenvalue weighted by Gasteiger charge is -2.31. The first-order chi connectivity index (χ1) is 9.99. The second-order valence-corrected chi connectivity index (χ2v) is 7.07. The van der Waals surface area contributed by atoms with E-state index in [2.05, 4.69) is 29.1 Å². The minimum atomic E-state index is 0.134. The highest BCUT2D eigenvalue weighted by molar-refractivity contribution is 5.37. The van der Waals surface area contributed by atoms with Crippen LogP contribution in [0, 0.1) is 11.3 Å². The number of anilines is 1. The summed E-state index contributed by atoms with van der Waals surface area (Å²) in [5.41, 5.74) is 0.443. The molecule has 1 aliphatic rings. The van der Waals surface area contributed by atoms with Crippen molar-refractivity contribution in [2.45, 2.75) is 65.9 Å². The Bertz CT molecular complexity index is 439. The van der Waals surface area contributed by atoms with Crippen molar-refractivity contribution in [3.8, 4) is 5.88 Å². The van der Waals surface area contributed by atoms with Crippen LogP contribution < -0.4 is 10.1 Å². The van der Waals surface area contributed by atoms with Crippen molar-refractivity contribution in [1.82, 2.24) is 9.97 Å². The molecule has 1 N–H and O–H groups in total. The van der Waals surface area contributed by atoms with Crippen LogP contribution in [0.3, 0.4) is 0 Å². The minimum absolute atomic E-state index is 0.134. The van der Waals surface area contributed by atoms with Gasteiger partial charge in [-0.15, -0.1) is 0 Å². The van der Waals surface area contributed by atoms with Crippen molar-refractivity contribution in [2.75, 3.05) is 11.9 Å². The second kappa shape index (κ2) is 7.10. The molecule has 21 heavy (non-hydrogen) atoms. The summed E-state index contributed by atoms with van der Waals surface area (Å²) >= 11 is 0. The molecule has 1 aliphatic carbocycles. The maximum Gasteiger partial charge on any atom is 0.218 e. The smallest absolute Gasteiger partial charge is 0.218 e. The molecule has 0 bridgehead atoms. The first-order valence-corrected chi connectivity index (χ1v) is 8.22. The maximum absolute atomic E-state index is 5.63. The third-order valence-electron chi connectivity index (χ3n) is 4.15. The Morgan fingerprint density at radius 2 is 1.90 bits per heavy atom. The summed E-state index contributed by atoms with van der Waals surface area (Å²) < 4.78 is 5.63. The molecular weight excluding hydrogens is 262 g/mol. The lowest BCUT2D eigenvalue weighted by Crippen LogP contribution is -2.28. The fourth-order valence-electron chi connectivity index (χ4n) is 3.46. The number of ether oxygens (including phenoxy) is 1. The zero-order chi connectivity index (χ0) is 15.3. The molecule has 1 aromatic rings. The van der Waals surface area contributed by atoms with Gasteiger partial charge in [-0.05, 0) is 44.4 Å². The molecule has 1 heterocycles. The fraction of sp³-hybridized carbons (Fsp3) is 0.765. The summed E-state index contributed by atoms with van der Waals surface area (Å²) in [4.78, 5) is 8.47. The third kappa shape index (κ3) is 4.87. The van der Waals surface area contributed by atoms with Crippen LogP contribution in [0.5, 0.6) is 5.88 Å². The molecule has 1 aromatic heterocycles. The molecule has 2 rings (SSSR count). The molecule has 1 saturated carbocycles. The van der Waals surface area contributed by atoms with E-state index in [0.29, 0.717) is 11.3 Å². The molecule has 0 radical (unpaired) electrons. The summed E-state index contributed by atoms with van der Waals surface area (Å²) in [7, 11) is 0. The number of hydrogen-bond acceptors (Lipinski definition) is 4. The zero-order valence-corrected chi connectivity index (χ0v) is 13.9. The highest BCUT2D eigenvalue weighted by atomic mass is 16.5. The molecule has 0 spiro atoms. The molecule has 4 nitrogen and oxygen atoms in total. The van der Waals surface area contributed by atoms with Gasteiger partial charge in [-0.2, -0.15) is 0 Å². The minimum Gasteiger partial charge on any atom is -0.475 e. The van der Waals surface area contributed by atoms with Gasteiger partial charge in [-0.25, -0.2) is 9.97 Å². The third-order valence-corrected chi connectivity index (χ3v) is 4.15. The van der Waals surface area contributed by atoms with Crippen LogP contribution in [0.25, 0.3) is 0 Å². The van der Waals surface area contributed by atoms with Crippen LogP contribution >= 0.6 is 0 Å². The lowest BCUT2D eigenvalue weighted by molar-refractivity contribution is 0.232. The van der Waals surface area contributed by atoms with Crippen LogP contribution in [0.15, 0.2) is 12.4 Å². The van der Waals surface area contributed by atoms with Crippen LogP contribution in [-0.2, 0) is 0 Å². The summed E-state index contributed by atoms with van der Waals surface area (Å²) in [6, 6.07) is 1.90. The monoisotopic (exact) mass is 291 g/mol. The van der Waals surface area contributed by atoms with E-state index in [0.717, 1.165) is 18.3 Å². The van der Waals surface area contributed by atoms with E-state index in [4.69, 9.17) is 4.74 Å². The average molecular weight is 291 g/mol. The molecule has 4 heteroatoms. The summed E-state index contributed by atoms with van der Waals surface area (Å²) in [5, 5.41) is 3.52. The molecular formula is C17H29N3O. The maximum atomic E-state index is 5.63. The molecule has 118 valence electrons. The van der Waals surface area contributed by atoms with Crippen LogP contribution in [0.1, 0.15) is 59.8 Å². The first-order valence-electron chi connectivity index (χ1n) is 8.22. The molecule has 0 saturated heterocycles. The van der Waals surface area contributed by atoms with Crippen molar-refractivity contribution in [2.24, 2.45) is 11.3 Å². The van der Waals surface area contributed by atoms with Crippen LogP contribution in [-0.4, -0.2) is 22.6 Å². The Morgan fingerprint density at radius 3 is 2.52 bits per heavy atom. The molecule has 0 unspecified atom stereocenters. The predicted octanol–water partition coefficient (Wildman–Crippen LogP) is 4.28. The zero-order valence-electron chi connectivity index (χ0n) is 13.9. The Hall–Kier alpha value is -1.32. The van der Waals surface area contributed by atoms with E-state index >= 15 is 0 Å². The number of nitrogens with zero attached hydrogens (tertiary/aromatic N) is 2. The largest absolute Gasteiger partial charge is 0.475 e. The van der Waals surface area contributed by atoms with Crippen molar-refractivity contribution < 1.29 is 4.74 Å². The van der Waals surface area contributed by atoms with Crippen molar-refractivity contribution in [3.63, 3.8) is 0 Å². The average Bonchev–Trinajstić information content (AvgIpc) is 2.84. The van der Waals surface area contributed by atoms with E-state index in [1.165, 1.54) is 32.1 Å². The van der Waals surface area contributed by atoms with Crippen molar-refractivity contribution in [3.05, 3.63) is 12.4 Å². The number of hydrogen-bond donors (Lipinski definition) is 1. The fourth-order valence-corrected chi connectivity index (χ4v) is 3.46. The lowest BCUT2D eigenvalue weighted by atomic mass is 9.78. The van der Waals surface area contributed by atoms with Gasteiger partial charge in [0, 0.05) is 12.6 Å². The SMILES string of the molecule is CC(C)CC1(CNc2cc(OC(C)C)ncn2)CCCC1. The number of aromatic nitrogens is 2. The van der Waals surface area contributed by atoms with Crippen LogP contribution in [0.2, 0.25) is 0 Å². The molecule has 0 aromatic carbocycles. The Morgan fingerprint density at radius 1 is 1.19 bits per heavy atom. The van der Waals surface area contributed by atoms with Crippen molar-refractivity contribution in [1.29, 1.82) is 0 Å². The van der Waals surface area contributed by atoms with E-state index in [1.54, 1.807) is 6.33 Å². The van der Waals surface area contributed by atoms with Gasteiger partial charge in [-0.1, -0.05) is 26.7 Å². The van der Waals surface area contributed by atoms with Crippen LogP contribution in [0.4, 0.5) is 5.82 Å². The van der Waals surface area contributed by atoms with Gasteiger partial charge in [-0.3, -0.25) is 0 Å². The normalized spacial score (nSPS) is 17.4. The Balaban J connectivity index is 1.97. The predicted molar refractivity (Wildman–Crippen MR) is 86.6 cm³/mol. The van der Waals surface area contributed by atoms with Gasteiger partial charge in [0.2, 0.25) is 5.88 Å². The number of rotatable bonds is 7. The molecule has 0 atom stereocenters. The molecule has 0 aliphatic heterocycles. The standard InChI is InChI=1S/C17H29N3O/c1-13(2)10-17(7-5-6-8-17)11-18-15-9-16(20-12-19-15)21-14(3)4/h9,12-14H,5-8,10-11H2,1-4H3,(H,18,19,20). The van der Waals surface area contributed by atoms with Gasteiger partial charge in [0.25, 0.3) is 0 Å². The number of nitrogens with one attached hydrogen (secondary N) is 1. The summed E-state index contributed by atoms with van der Waals surface area (Å²) in [5.74, 6) is 2.26. The van der Waals surface area contributed by atoms with Gasteiger partial charge in [0.05, 0.1) is 6.10 Å². The van der Waals surface area contributed by atoms with E-state index in [1.807, 2.05) is 19.9 Å². The summed E-state index contributed by atoms with van der Waals surface area (Å²) in [6.07, 6.45) is 8.39.